The zero-order valence-corrected chi connectivity index (χ0v) is 13.4. The number of carbonyl (C=O) groups is 1. The van der Waals surface area contributed by atoms with Crippen LogP contribution in [0, 0.1) is 0 Å². The summed E-state index contributed by atoms with van der Waals surface area (Å²) in [5.41, 5.74) is 4.30. The number of hydrogen-bond acceptors (Lipinski definition) is 5. The molecule has 3 rings (SSSR count). The van der Waals surface area contributed by atoms with Gasteiger partial charge < -0.3 is 9.47 Å². The van der Waals surface area contributed by atoms with E-state index in [1.807, 2.05) is 49.4 Å². The summed E-state index contributed by atoms with van der Waals surface area (Å²) < 4.78 is 11.3. The third kappa shape index (κ3) is 4.17. The standard InChI is InChI=1S/C18H20N2O4/c1-13(14-7-10-19-11-8-14)24-20-17(21)16-9-12-22-18(23-16)15-5-3-2-4-6-15/h2-8,10-11,13,16,18H,9,12H2,1H3,(H,20,21)/t13-,16?,18?/m0/s1. The van der Waals surface area contributed by atoms with Gasteiger partial charge in [0.25, 0.3) is 5.91 Å². The van der Waals surface area contributed by atoms with Crippen LogP contribution < -0.4 is 5.48 Å². The van der Waals surface area contributed by atoms with Crippen molar-refractivity contribution >= 4 is 5.91 Å². The quantitative estimate of drug-likeness (QED) is 0.855. The molecule has 1 N–H and O–H groups in total. The van der Waals surface area contributed by atoms with Gasteiger partial charge in [-0.2, -0.15) is 0 Å². The number of hydrogen-bond donors (Lipinski definition) is 1. The first-order chi connectivity index (χ1) is 11.7. The number of carbonyl (C=O) groups excluding carboxylic acids is 1. The van der Waals surface area contributed by atoms with Crippen LogP contribution in [0.5, 0.6) is 0 Å². The highest BCUT2D eigenvalue weighted by Gasteiger charge is 2.29. The van der Waals surface area contributed by atoms with Gasteiger partial charge in [0.2, 0.25) is 0 Å². The minimum atomic E-state index is -0.603. The van der Waals surface area contributed by atoms with Gasteiger partial charge in [-0.05, 0) is 24.6 Å². The van der Waals surface area contributed by atoms with E-state index in [9.17, 15) is 4.79 Å². The molecule has 1 amide bonds. The van der Waals surface area contributed by atoms with Crippen LogP contribution in [0.3, 0.4) is 0 Å². The molecular weight excluding hydrogens is 308 g/mol. The molecule has 1 fully saturated rings. The molecule has 1 aromatic heterocycles. The first-order valence-corrected chi connectivity index (χ1v) is 7.91. The number of hydroxylamine groups is 1. The van der Waals surface area contributed by atoms with E-state index in [4.69, 9.17) is 14.3 Å². The Morgan fingerprint density at radius 2 is 2.00 bits per heavy atom. The number of nitrogens with one attached hydrogen (secondary N) is 1. The average Bonchev–Trinajstić information content (AvgIpc) is 2.67. The molecule has 0 aliphatic carbocycles. The maximum atomic E-state index is 12.3. The van der Waals surface area contributed by atoms with Crippen molar-refractivity contribution in [1.82, 2.24) is 10.5 Å². The Hall–Kier alpha value is -2.28. The first-order valence-electron chi connectivity index (χ1n) is 7.91. The largest absolute Gasteiger partial charge is 0.348 e. The van der Waals surface area contributed by atoms with Crippen molar-refractivity contribution in [3.05, 3.63) is 66.0 Å². The summed E-state index contributed by atoms with van der Waals surface area (Å²) in [6.07, 6.45) is 2.44. The fourth-order valence-electron chi connectivity index (χ4n) is 2.43. The minimum Gasteiger partial charge on any atom is -0.348 e. The number of benzene rings is 1. The molecule has 0 saturated carbocycles. The van der Waals surface area contributed by atoms with Crippen LogP contribution in [0.2, 0.25) is 0 Å². The van der Waals surface area contributed by atoms with Crippen LogP contribution in [0.1, 0.15) is 36.9 Å². The van der Waals surface area contributed by atoms with E-state index < -0.39 is 12.4 Å². The van der Waals surface area contributed by atoms with Crippen molar-refractivity contribution in [2.45, 2.75) is 31.8 Å². The van der Waals surface area contributed by atoms with Gasteiger partial charge in [0.05, 0.1) is 6.61 Å². The van der Waals surface area contributed by atoms with E-state index in [0.717, 1.165) is 11.1 Å². The molecule has 6 heteroatoms. The molecule has 0 spiro atoms. The number of aromatic nitrogens is 1. The van der Waals surface area contributed by atoms with Crippen LogP contribution in [-0.2, 0) is 19.1 Å². The fraction of sp³-hybridized carbons (Fsp3) is 0.333. The topological polar surface area (TPSA) is 69.7 Å². The molecule has 0 radical (unpaired) electrons. The molecule has 1 aliphatic heterocycles. The van der Waals surface area contributed by atoms with Crippen molar-refractivity contribution in [3.8, 4) is 0 Å². The average molecular weight is 328 g/mol. The highest BCUT2D eigenvalue weighted by molar-refractivity contribution is 5.79. The summed E-state index contributed by atoms with van der Waals surface area (Å²) >= 11 is 0. The van der Waals surface area contributed by atoms with Gasteiger partial charge in [-0.25, -0.2) is 5.48 Å². The minimum absolute atomic E-state index is 0.276. The summed E-state index contributed by atoms with van der Waals surface area (Å²) in [7, 11) is 0. The van der Waals surface area contributed by atoms with Crippen molar-refractivity contribution in [2.75, 3.05) is 6.61 Å². The van der Waals surface area contributed by atoms with Gasteiger partial charge in [-0.1, -0.05) is 30.3 Å². The van der Waals surface area contributed by atoms with E-state index in [0.29, 0.717) is 13.0 Å². The fourth-order valence-corrected chi connectivity index (χ4v) is 2.43. The van der Waals surface area contributed by atoms with Gasteiger partial charge in [-0.15, -0.1) is 0 Å². The van der Waals surface area contributed by atoms with Crippen LogP contribution in [0.4, 0.5) is 0 Å². The van der Waals surface area contributed by atoms with E-state index in [1.165, 1.54) is 0 Å². The maximum Gasteiger partial charge on any atom is 0.272 e. The van der Waals surface area contributed by atoms with Crippen molar-refractivity contribution < 1.29 is 19.1 Å². The number of pyridine rings is 1. The molecule has 24 heavy (non-hydrogen) atoms. The molecule has 6 nitrogen and oxygen atoms in total. The van der Waals surface area contributed by atoms with Gasteiger partial charge in [-0.3, -0.25) is 14.6 Å². The zero-order valence-electron chi connectivity index (χ0n) is 13.4. The lowest BCUT2D eigenvalue weighted by Gasteiger charge is -2.29. The molecule has 2 aromatic rings. The second-order valence-corrected chi connectivity index (χ2v) is 5.53. The predicted molar refractivity (Wildman–Crippen MR) is 86.5 cm³/mol. The lowest BCUT2D eigenvalue weighted by atomic mass is 10.1. The maximum absolute atomic E-state index is 12.3. The van der Waals surface area contributed by atoms with Gasteiger partial charge in [0, 0.05) is 24.4 Å². The monoisotopic (exact) mass is 328 g/mol. The zero-order chi connectivity index (χ0) is 16.8. The van der Waals surface area contributed by atoms with Gasteiger partial charge in [0.15, 0.2) is 6.29 Å². The molecule has 1 aromatic carbocycles. The molecule has 2 unspecified atom stereocenters. The Morgan fingerprint density at radius 3 is 2.75 bits per heavy atom. The molecular formula is C18H20N2O4. The Kier molecular flexibility index (Phi) is 5.53. The van der Waals surface area contributed by atoms with E-state index in [1.54, 1.807) is 12.4 Å². The second-order valence-electron chi connectivity index (χ2n) is 5.53. The predicted octanol–water partition coefficient (Wildman–Crippen LogP) is 2.69. The number of nitrogens with zero attached hydrogens (tertiary/aromatic N) is 1. The lowest BCUT2D eigenvalue weighted by Crippen LogP contribution is -2.41. The number of rotatable bonds is 5. The van der Waals surface area contributed by atoms with E-state index in [-0.39, 0.29) is 12.0 Å². The normalized spacial score (nSPS) is 21.9. The smallest absolute Gasteiger partial charge is 0.272 e. The van der Waals surface area contributed by atoms with E-state index >= 15 is 0 Å². The van der Waals surface area contributed by atoms with Crippen molar-refractivity contribution in [1.29, 1.82) is 0 Å². The Morgan fingerprint density at radius 1 is 1.25 bits per heavy atom. The molecule has 126 valence electrons. The Labute approximate surface area is 140 Å². The van der Waals surface area contributed by atoms with Crippen LogP contribution in [-0.4, -0.2) is 23.6 Å². The third-order valence-corrected chi connectivity index (χ3v) is 3.81. The van der Waals surface area contributed by atoms with Crippen LogP contribution >= 0.6 is 0 Å². The van der Waals surface area contributed by atoms with Gasteiger partial charge in [0.1, 0.15) is 12.2 Å². The highest BCUT2D eigenvalue weighted by Crippen LogP contribution is 2.26. The van der Waals surface area contributed by atoms with Gasteiger partial charge >= 0.3 is 0 Å². The van der Waals surface area contributed by atoms with E-state index in [2.05, 4.69) is 10.5 Å². The third-order valence-electron chi connectivity index (χ3n) is 3.81. The van der Waals surface area contributed by atoms with Crippen LogP contribution in [0.25, 0.3) is 0 Å². The number of amides is 1. The highest BCUT2D eigenvalue weighted by atomic mass is 16.7. The molecule has 1 saturated heterocycles. The Balaban J connectivity index is 1.53. The van der Waals surface area contributed by atoms with Crippen LogP contribution in [0.15, 0.2) is 54.9 Å². The first kappa shape index (κ1) is 16.6. The summed E-state index contributed by atoms with van der Waals surface area (Å²) in [5.74, 6) is -0.305. The molecule has 2 heterocycles. The SMILES string of the molecule is C[C@H](ONC(=O)C1CCOC(c2ccccc2)O1)c1ccncc1. The summed E-state index contributed by atoms with van der Waals surface area (Å²) in [6.45, 7) is 2.31. The lowest BCUT2D eigenvalue weighted by molar-refractivity contribution is -0.221. The summed E-state index contributed by atoms with van der Waals surface area (Å²) in [6, 6.07) is 13.2. The van der Waals surface area contributed by atoms with Crippen molar-refractivity contribution in [2.24, 2.45) is 0 Å². The molecule has 3 atom stereocenters. The Bertz CT molecular complexity index is 651. The second kappa shape index (κ2) is 8.01. The summed E-state index contributed by atoms with van der Waals surface area (Å²) in [4.78, 5) is 21.7. The summed E-state index contributed by atoms with van der Waals surface area (Å²) in [5, 5.41) is 0. The molecule has 0 bridgehead atoms. The van der Waals surface area contributed by atoms with Crippen molar-refractivity contribution in [3.63, 3.8) is 0 Å². The molecule has 1 aliphatic rings. The number of ether oxygens (including phenoxy) is 2.